The van der Waals surface area contributed by atoms with Crippen molar-refractivity contribution >= 4 is 11.8 Å². The Balaban J connectivity index is 3.35. The number of carboxylic acid groups (broad SMARTS) is 1. The van der Waals surface area contributed by atoms with Gasteiger partial charge in [-0.3, -0.25) is 9.59 Å². The third kappa shape index (κ3) is 46.1. The highest BCUT2D eigenvalue weighted by Crippen LogP contribution is 2.20. The number of ketones is 1. The van der Waals surface area contributed by atoms with E-state index in [9.17, 15) is 14.7 Å². The average molecular weight is 803 g/mol. The van der Waals surface area contributed by atoms with Gasteiger partial charge in [0, 0.05) is 6.42 Å². The molecule has 0 aromatic rings. The predicted molar refractivity (Wildman–Crippen MR) is 254 cm³/mol. The van der Waals surface area contributed by atoms with Gasteiger partial charge in [-0.25, -0.2) is 0 Å². The molecule has 3 nitrogen and oxygen atoms in total. The van der Waals surface area contributed by atoms with Crippen molar-refractivity contribution in [2.24, 2.45) is 11.8 Å². The normalized spacial score (nSPS) is 12.2. The molecule has 1 unspecified atom stereocenters. The fraction of sp³-hybridized carbons (Fsp3) is 0.963. The standard InChI is InChI=1S/C54H106O3/c1-4-5-6-7-8-9-10-11-31-34-37-40-43-46-49-52(54(56)57)53(55)50-47-44-41-38-35-32-29-27-25-23-21-19-17-15-13-12-14-16-18-20-22-24-26-28-30-33-36-39-42-45-48-51(2)3/h51-52H,4-50H2,1-3H3,(H,56,57). The molecule has 0 saturated carbocycles. The molecular formula is C54H106O3. The topological polar surface area (TPSA) is 54.4 Å². The lowest BCUT2D eigenvalue weighted by Crippen LogP contribution is -2.23. The highest BCUT2D eigenvalue weighted by molar-refractivity contribution is 5.98. The van der Waals surface area contributed by atoms with Crippen LogP contribution in [0.25, 0.3) is 0 Å². The summed E-state index contributed by atoms with van der Waals surface area (Å²) in [6, 6.07) is 0. The number of carbonyl (C=O) groups is 2. The summed E-state index contributed by atoms with van der Waals surface area (Å²) >= 11 is 0. The van der Waals surface area contributed by atoms with Crippen molar-refractivity contribution in [3.63, 3.8) is 0 Å². The molecule has 0 spiro atoms. The van der Waals surface area contributed by atoms with Gasteiger partial charge < -0.3 is 5.11 Å². The first-order chi connectivity index (χ1) is 28.0. The van der Waals surface area contributed by atoms with Crippen LogP contribution in [0.2, 0.25) is 0 Å². The molecule has 0 aromatic heterocycles. The highest BCUT2D eigenvalue weighted by Gasteiger charge is 2.24. The van der Waals surface area contributed by atoms with Crippen molar-refractivity contribution in [2.45, 2.75) is 323 Å². The van der Waals surface area contributed by atoms with Crippen LogP contribution in [0.15, 0.2) is 0 Å². The summed E-state index contributed by atoms with van der Waals surface area (Å²) in [4.78, 5) is 24.4. The molecule has 1 atom stereocenters. The van der Waals surface area contributed by atoms with E-state index in [-0.39, 0.29) is 5.78 Å². The van der Waals surface area contributed by atoms with Crippen LogP contribution in [0, 0.1) is 11.8 Å². The minimum atomic E-state index is -0.902. The van der Waals surface area contributed by atoms with Crippen LogP contribution in [0.5, 0.6) is 0 Å². The van der Waals surface area contributed by atoms with Gasteiger partial charge in [-0.15, -0.1) is 0 Å². The van der Waals surface area contributed by atoms with Crippen LogP contribution in [0.3, 0.4) is 0 Å². The summed E-state index contributed by atoms with van der Waals surface area (Å²) in [5, 5.41) is 9.65. The Labute approximate surface area is 359 Å². The van der Waals surface area contributed by atoms with Crippen molar-refractivity contribution in [3.05, 3.63) is 0 Å². The van der Waals surface area contributed by atoms with E-state index in [1.54, 1.807) is 0 Å². The molecule has 340 valence electrons. The molecule has 0 aliphatic carbocycles. The van der Waals surface area contributed by atoms with Crippen LogP contribution >= 0.6 is 0 Å². The monoisotopic (exact) mass is 803 g/mol. The Morgan fingerprint density at radius 2 is 0.526 bits per heavy atom. The molecule has 3 heteroatoms. The molecular weight excluding hydrogens is 697 g/mol. The molecule has 0 saturated heterocycles. The first-order valence-corrected chi connectivity index (χ1v) is 26.7. The second kappa shape index (κ2) is 47.8. The minimum absolute atomic E-state index is 0.0300. The zero-order valence-corrected chi connectivity index (χ0v) is 39.7. The first kappa shape index (κ1) is 56.1. The van der Waals surface area contributed by atoms with Crippen molar-refractivity contribution < 1.29 is 14.7 Å². The molecule has 0 aromatic carbocycles. The third-order valence-electron chi connectivity index (χ3n) is 13.0. The van der Waals surface area contributed by atoms with Crippen molar-refractivity contribution in [1.82, 2.24) is 0 Å². The Morgan fingerprint density at radius 1 is 0.316 bits per heavy atom. The Hall–Kier alpha value is -0.860. The Kier molecular flexibility index (Phi) is 47.1. The fourth-order valence-electron chi connectivity index (χ4n) is 8.94. The SMILES string of the molecule is CCCCCCCCCCCCCCCCC(C(=O)O)C(=O)CCCCCCCCCCCCCCCCCCCCCCCCCCCCCCCCC(C)C. The summed E-state index contributed by atoms with van der Waals surface area (Å²) in [5.41, 5.74) is 0. The molecule has 0 heterocycles. The number of unbranched alkanes of at least 4 members (excludes halogenated alkanes) is 42. The van der Waals surface area contributed by atoms with Crippen molar-refractivity contribution in [2.75, 3.05) is 0 Å². The number of Topliss-reactive ketones (excluding diaryl/α,β-unsaturated/α-hetero) is 1. The van der Waals surface area contributed by atoms with Gasteiger partial charge in [-0.1, -0.05) is 303 Å². The van der Waals surface area contributed by atoms with Gasteiger partial charge >= 0.3 is 5.97 Å². The second-order valence-corrected chi connectivity index (χ2v) is 19.3. The molecule has 0 fully saturated rings. The smallest absolute Gasteiger partial charge is 0.314 e. The lowest BCUT2D eigenvalue weighted by atomic mass is 9.93. The Morgan fingerprint density at radius 3 is 0.754 bits per heavy atom. The summed E-state index contributed by atoms with van der Waals surface area (Å²) in [5.74, 6) is -0.822. The zero-order chi connectivity index (χ0) is 41.5. The average Bonchev–Trinajstić information content (AvgIpc) is 3.19. The molecule has 0 radical (unpaired) electrons. The largest absolute Gasteiger partial charge is 0.481 e. The Bertz CT molecular complexity index is 790. The quantitative estimate of drug-likeness (QED) is 0.0492. The van der Waals surface area contributed by atoms with E-state index in [1.165, 1.54) is 263 Å². The fourth-order valence-corrected chi connectivity index (χ4v) is 8.94. The van der Waals surface area contributed by atoms with E-state index in [1.807, 2.05) is 0 Å². The number of carbonyl (C=O) groups excluding carboxylic acids is 1. The van der Waals surface area contributed by atoms with E-state index < -0.39 is 11.9 Å². The second-order valence-electron chi connectivity index (χ2n) is 19.3. The van der Waals surface area contributed by atoms with Crippen molar-refractivity contribution in [1.29, 1.82) is 0 Å². The number of aliphatic carboxylic acids is 1. The maximum Gasteiger partial charge on any atom is 0.314 e. The van der Waals surface area contributed by atoms with E-state index in [0.29, 0.717) is 12.8 Å². The molecule has 0 aliphatic heterocycles. The van der Waals surface area contributed by atoms with Crippen LogP contribution in [-0.2, 0) is 9.59 Å². The van der Waals surface area contributed by atoms with Crippen molar-refractivity contribution in [3.8, 4) is 0 Å². The predicted octanol–water partition coefficient (Wildman–Crippen LogP) is 19.3. The molecule has 0 bridgehead atoms. The van der Waals surface area contributed by atoms with E-state index in [0.717, 1.165) is 31.6 Å². The number of hydrogen-bond acceptors (Lipinski definition) is 2. The first-order valence-electron chi connectivity index (χ1n) is 26.7. The number of carboxylic acids is 1. The summed E-state index contributed by atoms with van der Waals surface area (Å²) in [6.07, 6.45) is 62.3. The van der Waals surface area contributed by atoms with Gasteiger partial charge in [-0.05, 0) is 18.8 Å². The lowest BCUT2D eigenvalue weighted by Gasteiger charge is -2.11. The molecule has 1 N–H and O–H groups in total. The van der Waals surface area contributed by atoms with Gasteiger partial charge in [0.05, 0.1) is 0 Å². The molecule has 0 aliphatic rings. The van der Waals surface area contributed by atoms with E-state index >= 15 is 0 Å². The summed E-state index contributed by atoms with van der Waals surface area (Å²) in [6.45, 7) is 6.96. The maximum atomic E-state index is 12.6. The number of hydrogen-bond donors (Lipinski definition) is 1. The van der Waals surface area contributed by atoms with Gasteiger partial charge in [0.15, 0.2) is 0 Å². The van der Waals surface area contributed by atoms with Gasteiger partial charge in [-0.2, -0.15) is 0 Å². The van der Waals surface area contributed by atoms with Crippen LogP contribution in [-0.4, -0.2) is 16.9 Å². The maximum absolute atomic E-state index is 12.6. The number of rotatable bonds is 50. The lowest BCUT2D eigenvalue weighted by molar-refractivity contribution is -0.146. The molecule has 57 heavy (non-hydrogen) atoms. The summed E-state index contributed by atoms with van der Waals surface area (Å²) < 4.78 is 0. The van der Waals surface area contributed by atoms with Gasteiger partial charge in [0.1, 0.15) is 11.7 Å². The highest BCUT2D eigenvalue weighted by atomic mass is 16.4. The molecule has 0 amide bonds. The zero-order valence-electron chi connectivity index (χ0n) is 39.7. The summed E-state index contributed by atoms with van der Waals surface area (Å²) in [7, 11) is 0. The van der Waals surface area contributed by atoms with Gasteiger partial charge in [0.25, 0.3) is 0 Å². The van der Waals surface area contributed by atoms with Gasteiger partial charge in [0.2, 0.25) is 0 Å². The molecule has 0 rings (SSSR count). The third-order valence-corrected chi connectivity index (χ3v) is 13.0. The minimum Gasteiger partial charge on any atom is -0.481 e. The van der Waals surface area contributed by atoms with Crippen LogP contribution in [0.1, 0.15) is 323 Å². The van der Waals surface area contributed by atoms with Crippen LogP contribution in [0.4, 0.5) is 0 Å². The van der Waals surface area contributed by atoms with E-state index in [2.05, 4.69) is 20.8 Å². The van der Waals surface area contributed by atoms with E-state index in [4.69, 9.17) is 0 Å². The van der Waals surface area contributed by atoms with Crippen LogP contribution < -0.4 is 0 Å².